The van der Waals surface area contributed by atoms with E-state index in [0.29, 0.717) is 24.1 Å². The van der Waals surface area contributed by atoms with E-state index in [-0.39, 0.29) is 17.2 Å². The standard InChI is InChI=1S/C14H22N2O3S/c1-20(18,19)13-7-3-6-12(14(13)15)16-8-10-4-2-5-11(10)9-17/h3,6-7,10-11,16-17H,2,4-5,8-9,15H2,1H3. The highest BCUT2D eigenvalue weighted by Gasteiger charge is 2.26. The molecule has 0 aromatic heterocycles. The van der Waals surface area contributed by atoms with Crippen molar-refractivity contribution in [3.8, 4) is 0 Å². The Hall–Kier alpha value is -1.27. The van der Waals surface area contributed by atoms with Gasteiger partial charge in [-0.3, -0.25) is 0 Å². The van der Waals surface area contributed by atoms with E-state index in [4.69, 9.17) is 5.73 Å². The average Bonchev–Trinajstić information content (AvgIpc) is 2.83. The smallest absolute Gasteiger partial charge is 0.177 e. The molecule has 5 nitrogen and oxygen atoms in total. The predicted octanol–water partition coefficient (Wildman–Crippen LogP) is 1.49. The second-order valence-corrected chi connectivity index (χ2v) is 7.49. The zero-order valence-corrected chi connectivity index (χ0v) is 12.5. The van der Waals surface area contributed by atoms with Gasteiger partial charge in [0.05, 0.1) is 16.3 Å². The predicted molar refractivity (Wildman–Crippen MR) is 80.4 cm³/mol. The maximum absolute atomic E-state index is 11.6. The minimum absolute atomic E-state index is 0.160. The van der Waals surface area contributed by atoms with Crippen molar-refractivity contribution in [1.82, 2.24) is 0 Å². The van der Waals surface area contributed by atoms with Crippen LogP contribution in [0.1, 0.15) is 19.3 Å². The minimum atomic E-state index is -3.31. The lowest BCUT2D eigenvalue weighted by Gasteiger charge is -2.19. The number of hydrogen-bond donors (Lipinski definition) is 3. The quantitative estimate of drug-likeness (QED) is 0.716. The van der Waals surface area contributed by atoms with Crippen LogP contribution in [0.25, 0.3) is 0 Å². The third-order valence-electron chi connectivity index (χ3n) is 4.07. The molecule has 1 aliphatic rings. The number of aliphatic hydroxyl groups is 1. The van der Waals surface area contributed by atoms with Gasteiger partial charge in [-0.2, -0.15) is 0 Å². The van der Waals surface area contributed by atoms with Crippen LogP contribution in [0.5, 0.6) is 0 Å². The first-order valence-electron chi connectivity index (χ1n) is 6.86. The Morgan fingerprint density at radius 2 is 2.05 bits per heavy atom. The molecule has 1 aromatic rings. The van der Waals surface area contributed by atoms with Gasteiger partial charge in [-0.15, -0.1) is 0 Å². The SMILES string of the molecule is CS(=O)(=O)c1cccc(NCC2CCCC2CO)c1N. The third-order valence-corrected chi connectivity index (χ3v) is 5.23. The maximum Gasteiger partial charge on any atom is 0.177 e. The Bertz CT molecular complexity index is 572. The number of hydrogen-bond acceptors (Lipinski definition) is 5. The lowest BCUT2D eigenvalue weighted by atomic mass is 9.97. The Kier molecular flexibility index (Phi) is 4.55. The van der Waals surface area contributed by atoms with Gasteiger partial charge in [-0.05, 0) is 36.8 Å². The first-order valence-corrected chi connectivity index (χ1v) is 8.76. The molecule has 1 aliphatic carbocycles. The van der Waals surface area contributed by atoms with E-state index in [9.17, 15) is 13.5 Å². The molecule has 0 spiro atoms. The van der Waals surface area contributed by atoms with Crippen LogP contribution < -0.4 is 11.1 Å². The van der Waals surface area contributed by atoms with Gasteiger partial charge < -0.3 is 16.2 Å². The van der Waals surface area contributed by atoms with Crippen LogP contribution in [-0.4, -0.2) is 32.9 Å². The lowest BCUT2D eigenvalue weighted by molar-refractivity contribution is 0.199. The first-order chi connectivity index (χ1) is 9.43. The average molecular weight is 298 g/mol. The van der Waals surface area contributed by atoms with Crippen molar-refractivity contribution in [3.63, 3.8) is 0 Å². The first kappa shape index (κ1) is 15.1. The summed E-state index contributed by atoms with van der Waals surface area (Å²) in [7, 11) is -3.31. The van der Waals surface area contributed by atoms with E-state index in [1.807, 2.05) is 0 Å². The molecular weight excluding hydrogens is 276 g/mol. The summed E-state index contributed by atoms with van der Waals surface area (Å²) in [6, 6.07) is 4.99. The Labute approximate surface area is 120 Å². The number of nitrogens with two attached hydrogens (primary N) is 1. The molecular formula is C14H22N2O3S. The number of rotatable bonds is 5. The normalized spacial score (nSPS) is 22.9. The fourth-order valence-corrected chi connectivity index (χ4v) is 3.72. The molecule has 1 saturated carbocycles. The summed E-state index contributed by atoms with van der Waals surface area (Å²) in [5, 5.41) is 12.5. The van der Waals surface area contributed by atoms with Gasteiger partial charge in [0.15, 0.2) is 9.84 Å². The zero-order valence-electron chi connectivity index (χ0n) is 11.7. The molecule has 4 N–H and O–H groups in total. The van der Waals surface area contributed by atoms with E-state index in [1.165, 1.54) is 6.07 Å². The molecule has 2 atom stereocenters. The van der Waals surface area contributed by atoms with Gasteiger partial charge in [0, 0.05) is 19.4 Å². The Morgan fingerprint density at radius 1 is 1.35 bits per heavy atom. The number of aliphatic hydroxyl groups excluding tert-OH is 1. The number of nitrogens with one attached hydrogen (secondary N) is 1. The largest absolute Gasteiger partial charge is 0.396 e. The Balaban J connectivity index is 2.11. The lowest BCUT2D eigenvalue weighted by Crippen LogP contribution is -2.21. The molecule has 1 aromatic carbocycles. The molecule has 6 heteroatoms. The number of sulfone groups is 1. The van der Waals surface area contributed by atoms with Gasteiger partial charge in [-0.1, -0.05) is 12.5 Å². The summed E-state index contributed by atoms with van der Waals surface area (Å²) in [6.07, 6.45) is 4.43. The highest BCUT2D eigenvalue weighted by atomic mass is 32.2. The van der Waals surface area contributed by atoms with Crippen LogP contribution in [0, 0.1) is 11.8 Å². The minimum Gasteiger partial charge on any atom is -0.396 e. The molecule has 112 valence electrons. The molecule has 0 aliphatic heterocycles. The van der Waals surface area contributed by atoms with Crippen molar-refractivity contribution in [1.29, 1.82) is 0 Å². The molecule has 1 fully saturated rings. The summed E-state index contributed by atoms with van der Waals surface area (Å²) in [4.78, 5) is 0.160. The van der Waals surface area contributed by atoms with Crippen molar-refractivity contribution < 1.29 is 13.5 Å². The fourth-order valence-electron chi connectivity index (χ4n) is 2.89. The van der Waals surface area contributed by atoms with E-state index in [0.717, 1.165) is 25.5 Å². The molecule has 0 amide bonds. The molecule has 20 heavy (non-hydrogen) atoms. The van der Waals surface area contributed by atoms with Crippen LogP contribution in [0.2, 0.25) is 0 Å². The van der Waals surface area contributed by atoms with Gasteiger partial charge in [0.2, 0.25) is 0 Å². The van der Waals surface area contributed by atoms with Crippen LogP contribution >= 0.6 is 0 Å². The fraction of sp³-hybridized carbons (Fsp3) is 0.571. The van der Waals surface area contributed by atoms with E-state index < -0.39 is 9.84 Å². The number of anilines is 2. The third kappa shape index (κ3) is 3.24. The van der Waals surface area contributed by atoms with Crippen molar-refractivity contribution in [2.24, 2.45) is 11.8 Å². The topological polar surface area (TPSA) is 92.4 Å². The van der Waals surface area contributed by atoms with Crippen molar-refractivity contribution in [2.45, 2.75) is 24.2 Å². The molecule has 0 heterocycles. The highest BCUT2D eigenvalue weighted by Crippen LogP contribution is 2.33. The van der Waals surface area contributed by atoms with Crippen molar-refractivity contribution in [3.05, 3.63) is 18.2 Å². The Morgan fingerprint density at radius 3 is 2.70 bits per heavy atom. The van der Waals surface area contributed by atoms with Gasteiger partial charge >= 0.3 is 0 Å². The molecule has 0 radical (unpaired) electrons. The van der Waals surface area contributed by atoms with Crippen LogP contribution in [0.4, 0.5) is 11.4 Å². The second-order valence-electron chi connectivity index (χ2n) is 5.50. The van der Waals surface area contributed by atoms with Crippen LogP contribution in [0.15, 0.2) is 23.1 Å². The van der Waals surface area contributed by atoms with Crippen LogP contribution in [-0.2, 0) is 9.84 Å². The van der Waals surface area contributed by atoms with Crippen molar-refractivity contribution >= 4 is 21.2 Å². The molecule has 0 bridgehead atoms. The number of nitrogen functional groups attached to an aromatic ring is 1. The number of para-hydroxylation sites is 1. The molecule has 2 unspecified atom stereocenters. The van der Waals surface area contributed by atoms with Gasteiger partial charge in [0.1, 0.15) is 0 Å². The monoisotopic (exact) mass is 298 g/mol. The molecule has 2 rings (SSSR count). The summed E-state index contributed by atoms with van der Waals surface area (Å²) in [5.74, 6) is 0.753. The number of benzene rings is 1. The van der Waals surface area contributed by atoms with Gasteiger partial charge in [-0.25, -0.2) is 8.42 Å². The maximum atomic E-state index is 11.6. The second kappa shape index (κ2) is 6.01. The van der Waals surface area contributed by atoms with Gasteiger partial charge in [0.25, 0.3) is 0 Å². The molecule has 0 saturated heterocycles. The van der Waals surface area contributed by atoms with Crippen LogP contribution in [0.3, 0.4) is 0 Å². The van der Waals surface area contributed by atoms with E-state index in [2.05, 4.69) is 5.32 Å². The summed E-state index contributed by atoms with van der Waals surface area (Å²) >= 11 is 0. The van der Waals surface area contributed by atoms with Crippen molar-refractivity contribution in [2.75, 3.05) is 30.5 Å². The zero-order chi connectivity index (χ0) is 14.8. The highest BCUT2D eigenvalue weighted by molar-refractivity contribution is 7.90. The summed E-state index contributed by atoms with van der Waals surface area (Å²) in [6.45, 7) is 0.924. The summed E-state index contributed by atoms with van der Waals surface area (Å²) in [5.41, 5.74) is 6.85. The summed E-state index contributed by atoms with van der Waals surface area (Å²) < 4.78 is 23.2. The van der Waals surface area contributed by atoms with E-state index in [1.54, 1.807) is 12.1 Å². The van der Waals surface area contributed by atoms with E-state index >= 15 is 0 Å².